The van der Waals surface area contributed by atoms with E-state index in [1.54, 1.807) is 31.2 Å². The summed E-state index contributed by atoms with van der Waals surface area (Å²) in [7, 11) is -1.07. The van der Waals surface area contributed by atoms with E-state index in [0.717, 1.165) is 10.6 Å². The molecular weight excluding hydrogens is 553 g/mol. The van der Waals surface area contributed by atoms with Gasteiger partial charge in [0.1, 0.15) is 24.1 Å². The number of carbonyl (C=O) groups excluding carboxylic acids is 2. The predicted molar refractivity (Wildman–Crippen MR) is 151 cm³/mol. The predicted octanol–water partition coefficient (Wildman–Crippen LogP) is 4.50. The molecule has 2 aromatic rings. The summed E-state index contributed by atoms with van der Waals surface area (Å²) in [4.78, 5) is 28.4. The molecule has 1 N–H and O–H groups in total. The lowest BCUT2D eigenvalue weighted by atomic mass is 10.1. The van der Waals surface area contributed by atoms with Crippen LogP contribution in [0.25, 0.3) is 0 Å². The second kappa shape index (κ2) is 13.9. The molecule has 2 aromatic carbocycles. The van der Waals surface area contributed by atoms with E-state index in [-0.39, 0.29) is 29.9 Å². The van der Waals surface area contributed by atoms with E-state index in [9.17, 15) is 18.0 Å². The Morgan fingerprint density at radius 2 is 1.68 bits per heavy atom. The fraction of sp³-hybridized carbons (Fsp3) is 0.462. The number of halogens is 2. The molecule has 0 unspecified atom stereocenters. The summed E-state index contributed by atoms with van der Waals surface area (Å²) >= 11 is 12.3. The number of anilines is 1. The molecule has 2 rings (SSSR count). The minimum absolute atomic E-state index is 0.0134. The molecule has 2 amide bonds. The first-order valence-corrected chi connectivity index (χ1v) is 14.7. The molecule has 0 aliphatic rings. The van der Waals surface area contributed by atoms with Crippen molar-refractivity contribution < 1.29 is 27.5 Å². The molecule has 0 fully saturated rings. The Labute approximate surface area is 235 Å². The number of sulfonamides is 1. The van der Waals surface area contributed by atoms with Crippen LogP contribution < -0.4 is 19.1 Å². The number of rotatable bonds is 13. The Morgan fingerprint density at radius 1 is 1.00 bits per heavy atom. The third kappa shape index (κ3) is 8.15. The van der Waals surface area contributed by atoms with Gasteiger partial charge in [-0.15, -0.1) is 0 Å². The largest absolute Gasteiger partial charge is 0.497 e. The second-order valence-electron chi connectivity index (χ2n) is 8.82. The minimum atomic E-state index is -3.93. The van der Waals surface area contributed by atoms with Gasteiger partial charge in [0.2, 0.25) is 21.8 Å². The van der Waals surface area contributed by atoms with Crippen LogP contribution in [-0.4, -0.2) is 64.2 Å². The summed E-state index contributed by atoms with van der Waals surface area (Å²) in [5, 5.41) is 3.57. The summed E-state index contributed by atoms with van der Waals surface area (Å²) in [6, 6.07) is 8.57. The van der Waals surface area contributed by atoms with Gasteiger partial charge < -0.3 is 19.7 Å². The molecule has 9 nitrogen and oxygen atoms in total. The second-order valence-corrected chi connectivity index (χ2v) is 11.5. The molecular formula is C26H35Cl2N3O6S. The zero-order valence-corrected chi connectivity index (χ0v) is 24.8. The van der Waals surface area contributed by atoms with Gasteiger partial charge in [-0.1, -0.05) is 43.1 Å². The highest BCUT2D eigenvalue weighted by Gasteiger charge is 2.33. The fourth-order valence-electron chi connectivity index (χ4n) is 3.78. The van der Waals surface area contributed by atoms with Gasteiger partial charge >= 0.3 is 0 Å². The van der Waals surface area contributed by atoms with E-state index in [1.807, 2.05) is 13.8 Å². The van der Waals surface area contributed by atoms with Crippen molar-refractivity contribution in [3.63, 3.8) is 0 Å². The maximum atomic E-state index is 13.8. The number of ether oxygens (including phenoxy) is 2. The normalized spacial score (nSPS) is 12.8. The van der Waals surface area contributed by atoms with Crippen molar-refractivity contribution >= 4 is 50.7 Å². The highest BCUT2D eigenvalue weighted by molar-refractivity contribution is 7.92. The van der Waals surface area contributed by atoms with E-state index in [0.29, 0.717) is 34.2 Å². The number of hydrogen-bond acceptors (Lipinski definition) is 6. The number of nitrogens with zero attached hydrogens (tertiary/aromatic N) is 2. The van der Waals surface area contributed by atoms with E-state index in [1.165, 1.54) is 31.3 Å². The Hall–Kier alpha value is -2.69. The third-order valence-corrected chi connectivity index (χ3v) is 7.92. The van der Waals surface area contributed by atoms with Crippen molar-refractivity contribution in [1.29, 1.82) is 0 Å². The van der Waals surface area contributed by atoms with Crippen LogP contribution in [0.4, 0.5) is 5.69 Å². The average molecular weight is 589 g/mol. The number of nitrogens with one attached hydrogen (secondary N) is 1. The molecule has 2 atom stereocenters. The Morgan fingerprint density at radius 3 is 2.21 bits per heavy atom. The van der Waals surface area contributed by atoms with Crippen LogP contribution >= 0.6 is 23.2 Å². The SMILES string of the molecule is CC[C@H](C)NC(=O)[C@H](CC)N(Cc1ccc(Cl)c(Cl)c1)C(=O)CN(c1ccc(OC)cc1OC)S(C)(=O)=O. The molecule has 0 radical (unpaired) electrons. The molecule has 0 spiro atoms. The van der Waals surface area contributed by atoms with Crippen molar-refractivity contribution in [1.82, 2.24) is 10.2 Å². The Kier molecular flexibility index (Phi) is 11.5. The molecule has 0 saturated heterocycles. The lowest BCUT2D eigenvalue weighted by Gasteiger charge is -2.33. The lowest BCUT2D eigenvalue weighted by molar-refractivity contribution is -0.140. The average Bonchev–Trinajstić information content (AvgIpc) is 2.87. The first kappa shape index (κ1) is 31.5. The monoisotopic (exact) mass is 587 g/mol. The number of amides is 2. The fourth-order valence-corrected chi connectivity index (χ4v) is 4.95. The highest BCUT2D eigenvalue weighted by atomic mass is 35.5. The molecule has 12 heteroatoms. The van der Waals surface area contributed by atoms with Crippen molar-refractivity contribution in [2.24, 2.45) is 0 Å². The van der Waals surface area contributed by atoms with Crippen LogP contribution in [0, 0.1) is 0 Å². The van der Waals surface area contributed by atoms with Gasteiger partial charge in [0, 0.05) is 18.7 Å². The Balaban J connectivity index is 2.53. The van der Waals surface area contributed by atoms with Gasteiger partial charge in [0.05, 0.1) is 36.2 Å². The molecule has 0 heterocycles. The summed E-state index contributed by atoms with van der Waals surface area (Å²) in [5.74, 6) is -0.242. The standard InChI is InChI=1S/C26H35Cl2N3O6S/c1-7-17(3)29-26(33)22(8-2)30(15-18-9-11-20(27)21(28)13-18)25(32)16-31(38(6,34)35)23-12-10-19(36-4)14-24(23)37-5/h9-14,17,22H,7-8,15-16H2,1-6H3,(H,29,33)/t17-,22-/m0/s1. The summed E-state index contributed by atoms with van der Waals surface area (Å²) < 4.78 is 37.3. The molecule has 0 aliphatic heterocycles. The van der Waals surface area contributed by atoms with E-state index < -0.39 is 28.5 Å². The van der Waals surface area contributed by atoms with Crippen molar-refractivity contribution in [2.75, 3.05) is 31.3 Å². The highest BCUT2D eigenvalue weighted by Crippen LogP contribution is 2.34. The van der Waals surface area contributed by atoms with Crippen LogP contribution in [-0.2, 0) is 26.2 Å². The smallest absolute Gasteiger partial charge is 0.244 e. The van der Waals surface area contributed by atoms with Crippen molar-refractivity contribution in [2.45, 2.75) is 52.2 Å². The van der Waals surface area contributed by atoms with Crippen LogP contribution in [0.2, 0.25) is 10.0 Å². The summed E-state index contributed by atoms with van der Waals surface area (Å²) in [6.45, 7) is 5.06. The van der Waals surface area contributed by atoms with Crippen LogP contribution in [0.1, 0.15) is 39.2 Å². The van der Waals surface area contributed by atoms with Gasteiger partial charge in [-0.3, -0.25) is 13.9 Å². The van der Waals surface area contributed by atoms with E-state index in [2.05, 4.69) is 5.32 Å². The molecule has 210 valence electrons. The summed E-state index contributed by atoms with van der Waals surface area (Å²) in [5.41, 5.74) is 0.797. The van der Waals surface area contributed by atoms with E-state index in [4.69, 9.17) is 32.7 Å². The first-order valence-electron chi connectivity index (χ1n) is 12.1. The maximum Gasteiger partial charge on any atom is 0.244 e. The van der Waals surface area contributed by atoms with Gasteiger partial charge in [-0.25, -0.2) is 8.42 Å². The molecule has 38 heavy (non-hydrogen) atoms. The molecule has 0 aromatic heterocycles. The number of hydrogen-bond donors (Lipinski definition) is 1. The minimum Gasteiger partial charge on any atom is -0.497 e. The molecule has 0 bridgehead atoms. The maximum absolute atomic E-state index is 13.8. The lowest BCUT2D eigenvalue weighted by Crippen LogP contribution is -2.53. The van der Waals surface area contributed by atoms with Gasteiger partial charge in [-0.05, 0) is 49.6 Å². The third-order valence-electron chi connectivity index (χ3n) is 6.06. The summed E-state index contributed by atoms with van der Waals surface area (Å²) in [6.07, 6.45) is 2.02. The topological polar surface area (TPSA) is 105 Å². The quantitative estimate of drug-likeness (QED) is 0.370. The molecule has 0 saturated carbocycles. The van der Waals surface area contributed by atoms with Crippen LogP contribution in [0.5, 0.6) is 11.5 Å². The number of benzene rings is 2. The van der Waals surface area contributed by atoms with Gasteiger partial charge in [0.25, 0.3) is 0 Å². The van der Waals surface area contributed by atoms with Gasteiger partial charge in [0.15, 0.2) is 0 Å². The van der Waals surface area contributed by atoms with E-state index >= 15 is 0 Å². The van der Waals surface area contributed by atoms with Crippen molar-refractivity contribution in [3.8, 4) is 11.5 Å². The number of methoxy groups -OCH3 is 2. The van der Waals surface area contributed by atoms with Gasteiger partial charge in [-0.2, -0.15) is 0 Å². The van der Waals surface area contributed by atoms with Crippen LogP contribution in [0.3, 0.4) is 0 Å². The number of carbonyl (C=O) groups is 2. The zero-order chi connectivity index (χ0) is 28.6. The Bertz CT molecular complexity index is 1240. The first-order chi connectivity index (χ1) is 17.9. The van der Waals surface area contributed by atoms with Crippen LogP contribution in [0.15, 0.2) is 36.4 Å². The zero-order valence-electron chi connectivity index (χ0n) is 22.5. The van der Waals surface area contributed by atoms with Crippen molar-refractivity contribution in [3.05, 3.63) is 52.0 Å². The molecule has 0 aliphatic carbocycles.